The van der Waals surface area contributed by atoms with Gasteiger partial charge in [-0.05, 0) is 43.5 Å². The minimum Gasteiger partial charge on any atom is -0.486 e. The first-order valence-corrected chi connectivity index (χ1v) is 12.4. The van der Waals surface area contributed by atoms with Crippen LogP contribution in [0.2, 0.25) is 5.02 Å². The Morgan fingerprint density at radius 3 is 2.71 bits per heavy atom. The van der Waals surface area contributed by atoms with E-state index < -0.39 is 0 Å². The van der Waals surface area contributed by atoms with E-state index in [1.54, 1.807) is 11.6 Å². The molecule has 0 radical (unpaired) electrons. The molecule has 0 spiro atoms. The maximum absolute atomic E-state index is 12.8. The van der Waals surface area contributed by atoms with E-state index in [2.05, 4.69) is 22.9 Å². The van der Waals surface area contributed by atoms with Gasteiger partial charge < -0.3 is 18.8 Å². The molecule has 0 bridgehead atoms. The topological polar surface area (TPSA) is 82.6 Å². The molecule has 0 aliphatic carbocycles. The predicted molar refractivity (Wildman–Crippen MR) is 135 cm³/mol. The van der Waals surface area contributed by atoms with E-state index in [1.165, 1.54) is 5.56 Å². The number of aryl methyl sites for hydroxylation is 2. The fourth-order valence-electron chi connectivity index (χ4n) is 5.01. The molecule has 2 fully saturated rings. The van der Waals surface area contributed by atoms with E-state index in [0.29, 0.717) is 29.8 Å². The Morgan fingerprint density at radius 1 is 1.11 bits per heavy atom. The minimum atomic E-state index is -0.304. The number of fused-ring (bicyclic) bond motifs is 2. The van der Waals surface area contributed by atoms with Gasteiger partial charge in [-0.3, -0.25) is 4.57 Å². The third-order valence-electron chi connectivity index (χ3n) is 7.03. The summed E-state index contributed by atoms with van der Waals surface area (Å²) < 4.78 is 19.1. The normalized spacial score (nSPS) is 19.2. The number of piperidine rings is 1. The quantitative estimate of drug-likeness (QED) is 0.410. The molecule has 35 heavy (non-hydrogen) atoms. The lowest BCUT2D eigenvalue weighted by Gasteiger charge is -2.32. The van der Waals surface area contributed by atoms with Crippen molar-refractivity contribution in [3.63, 3.8) is 0 Å². The maximum atomic E-state index is 12.8. The molecule has 182 valence electrons. The molecule has 2 aliphatic heterocycles. The standard InChI is InChI=1S/C26H27ClN4O4/c1-15-3-4-22-20(11-15)28-25(35-22)16-5-8-31(9-6-16)24-18-12-19(27)23(34-17-7-10-33-14-17)13-21(18)30(2)26(32)29-24/h3-4,11-13,16-17H,5-10,14H2,1-2H3/t17-/m1/s1. The van der Waals surface area contributed by atoms with Crippen LogP contribution < -0.4 is 15.3 Å². The molecule has 9 heteroatoms. The summed E-state index contributed by atoms with van der Waals surface area (Å²) in [6.07, 6.45) is 2.52. The fourth-order valence-corrected chi connectivity index (χ4v) is 5.22. The van der Waals surface area contributed by atoms with E-state index >= 15 is 0 Å². The van der Waals surface area contributed by atoms with E-state index in [-0.39, 0.29) is 17.7 Å². The zero-order chi connectivity index (χ0) is 24.1. The SMILES string of the molecule is Cc1ccc2oc(C3CCN(c4nc(=O)n(C)c5cc(O[C@@H]6CCOC6)c(Cl)cc45)CC3)nc2c1. The summed E-state index contributed by atoms with van der Waals surface area (Å²) in [6, 6.07) is 9.77. The second-order valence-electron chi connectivity index (χ2n) is 9.46. The van der Waals surface area contributed by atoms with Gasteiger partial charge in [0, 0.05) is 43.9 Å². The van der Waals surface area contributed by atoms with Gasteiger partial charge >= 0.3 is 5.69 Å². The summed E-state index contributed by atoms with van der Waals surface area (Å²) in [7, 11) is 1.72. The fraction of sp³-hybridized carbons (Fsp3) is 0.423. The molecular weight excluding hydrogens is 468 g/mol. The lowest BCUT2D eigenvalue weighted by atomic mass is 9.96. The van der Waals surface area contributed by atoms with Crippen LogP contribution in [0.1, 0.15) is 36.6 Å². The molecule has 8 nitrogen and oxygen atoms in total. The second kappa shape index (κ2) is 8.84. The van der Waals surface area contributed by atoms with Crippen LogP contribution in [0.25, 0.3) is 22.0 Å². The van der Waals surface area contributed by atoms with Gasteiger partial charge in [-0.25, -0.2) is 9.78 Å². The number of benzene rings is 2. The third-order valence-corrected chi connectivity index (χ3v) is 7.32. The highest BCUT2D eigenvalue weighted by molar-refractivity contribution is 6.33. The molecule has 2 aliphatic rings. The molecule has 4 heterocycles. The summed E-state index contributed by atoms with van der Waals surface area (Å²) in [5, 5.41) is 1.34. The van der Waals surface area contributed by atoms with Gasteiger partial charge in [-0.1, -0.05) is 17.7 Å². The number of oxazole rings is 1. The highest BCUT2D eigenvalue weighted by Crippen LogP contribution is 2.37. The first kappa shape index (κ1) is 22.4. The molecule has 2 aromatic carbocycles. The summed E-state index contributed by atoms with van der Waals surface area (Å²) in [5.41, 5.74) is 3.33. The average Bonchev–Trinajstić information content (AvgIpc) is 3.52. The average molecular weight is 495 g/mol. The lowest BCUT2D eigenvalue weighted by Crippen LogP contribution is -2.36. The van der Waals surface area contributed by atoms with Gasteiger partial charge in [0.15, 0.2) is 11.5 Å². The molecule has 2 aromatic heterocycles. The summed E-state index contributed by atoms with van der Waals surface area (Å²) in [4.78, 5) is 24.1. The van der Waals surface area contributed by atoms with Gasteiger partial charge in [-0.2, -0.15) is 4.98 Å². The van der Waals surface area contributed by atoms with Gasteiger partial charge in [0.1, 0.15) is 23.2 Å². The van der Waals surface area contributed by atoms with Crippen LogP contribution in [0.4, 0.5) is 5.82 Å². The van der Waals surface area contributed by atoms with Crippen molar-refractivity contribution in [3.05, 3.63) is 57.3 Å². The maximum Gasteiger partial charge on any atom is 0.349 e. The van der Waals surface area contributed by atoms with Crippen molar-refractivity contribution in [3.8, 4) is 5.75 Å². The Labute approximate surface area is 207 Å². The monoisotopic (exact) mass is 494 g/mol. The Morgan fingerprint density at radius 2 is 1.94 bits per heavy atom. The Hall–Kier alpha value is -3.10. The first-order valence-electron chi connectivity index (χ1n) is 12.0. The molecule has 0 saturated carbocycles. The van der Waals surface area contributed by atoms with E-state index in [0.717, 1.165) is 60.2 Å². The van der Waals surface area contributed by atoms with Crippen LogP contribution in [0.15, 0.2) is 39.5 Å². The van der Waals surface area contributed by atoms with Crippen LogP contribution in [0, 0.1) is 6.92 Å². The Bertz CT molecular complexity index is 1470. The predicted octanol–water partition coefficient (Wildman–Crippen LogP) is 4.59. The highest BCUT2D eigenvalue weighted by Gasteiger charge is 2.27. The zero-order valence-corrected chi connectivity index (χ0v) is 20.5. The number of halogens is 1. The number of aromatic nitrogens is 3. The van der Waals surface area contributed by atoms with E-state index in [9.17, 15) is 4.79 Å². The molecule has 0 unspecified atom stereocenters. The van der Waals surface area contributed by atoms with Crippen molar-refractivity contribution in [1.82, 2.24) is 14.5 Å². The number of anilines is 1. The zero-order valence-electron chi connectivity index (χ0n) is 19.8. The van der Waals surface area contributed by atoms with Crippen molar-refractivity contribution in [2.24, 2.45) is 7.05 Å². The van der Waals surface area contributed by atoms with Gasteiger partial charge in [0.2, 0.25) is 0 Å². The van der Waals surface area contributed by atoms with Crippen LogP contribution in [0.3, 0.4) is 0 Å². The first-order chi connectivity index (χ1) is 17.0. The molecule has 4 aromatic rings. The second-order valence-corrected chi connectivity index (χ2v) is 9.87. The number of rotatable bonds is 4. The smallest absolute Gasteiger partial charge is 0.349 e. The number of ether oxygens (including phenoxy) is 2. The molecular formula is C26H27ClN4O4. The van der Waals surface area contributed by atoms with Gasteiger partial charge in [0.05, 0.1) is 23.8 Å². The van der Waals surface area contributed by atoms with Gasteiger partial charge in [-0.15, -0.1) is 0 Å². The van der Waals surface area contributed by atoms with E-state index in [4.69, 9.17) is 30.5 Å². The Kier molecular flexibility index (Phi) is 5.65. The van der Waals surface area contributed by atoms with Crippen LogP contribution in [-0.2, 0) is 11.8 Å². The highest BCUT2D eigenvalue weighted by atomic mass is 35.5. The largest absolute Gasteiger partial charge is 0.486 e. The van der Waals surface area contributed by atoms with Crippen LogP contribution in [-0.4, -0.2) is 46.9 Å². The number of hydrogen-bond donors (Lipinski definition) is 0. The van der Waals surface area contributed by atoms with Crippen molar-refractivity contribution in [1.29, 1.82) is 0 Å². The molecule has 0 amide bonds. The van der Waals surface area contributed by atoms with Crippen molar-refractivity contribution >= 4 is 39.4 Å². The van der Waals surface area contributed by atoms with Crippen LogP contribution in [0.5, 0.6) is 5.75 Å². The van der Waals surface area contributed by atoms with Crippen molar-refractivity contribution in [2.45, 2.75) is 38.2 Å². The molecule has 2 saturated heterocycles. The van der Waals surface area contributed by atoms with Crippen LogP contribution >= 0.6 is 11.6 Å². The van der Waals surface area contributed by atoms with Crippen molar-refractivity contribution < 1.29 is 13.9 Å². The minimum absolute atomic E-state index is 0.0295. The number of hydrogen-bond acceptors (Lipinski definition) is 7. The summed E-state index contributed by atoms with van der Waals surface area (Å²) in [5.74, 6) is 2.24. The summed E-state index contributed by atoms with van der Waals surface area (Å²) >= 11 is 6.62. The molecule has 6 rings (SSSR count). The molecule has 0 N–H and O–H groups in total. The van der Waals surface area contributed by atoms with Gasteiger partial charge in [0.25, 0.3) is 0 Å². The number of nitrogens with zero attached hydrogens (tertiary/aromatic N) is 4. The third kappa shape index (κ3) is 4.15. The summed E-state index contributed by atoms with van der Waals surface area (Å²) in [6.45, 7) is 4.77. The van der Waals surface area contributed by atoms with Crippen molar-refractivity contribution in [2.75, 3.05) is 31.2 Å². The lowest BCUT2D eigenvalue weighted by molar-refractivity contribution is 0.141. The molecule has 1 atom stereocenters. The van der Waals surface area contributed by atoms with E-state index in [1.807, 2.05) is 24.3 Å². The Balaban J connectivity index is 1.28.